The van der Waals surface area contributed by atoms with Crippen LogP contribution in [0.3, 0.4) is 0 Å². The van der Waals surface area contributed by atoms with Crippen molar-refractivity contribution >= 4 is 49.8 Å². The lowest BCUT2D eigenvalue weighted by molar-refractivity contribution is -0.0399. The SMILES string of the molecule is c1ccc(-c2cccc3c2-c2cc(N(c4ccc5c(c4)oc4ccccc45)c4cccc5ccccc45)ccc2C32C3CC4CC(C3)CC2C4)cc1. The number of nitrogens with zero attached hydrogens (tertiary/aromatic N) is 1. The molecule has 4 saturated carbocycles. The predicted molar refractivity (Wildman–Crippen MR) is 215 cm³/mol. The average molecular weight is 670 g/mol. The van der Waals surface area contributed by atoms with Gasteiger partial charge in [-0.3, -0.25) is 0 Å². The predicted octanol–water partition coefficient (Wildman–Crippen LogP) is 13.6. The van der Waals surface area contributed by atoms with Gasteiger partial charge in [0.25, 0.3) is 0 Å². The van der Waals surface area contributed by atoms with E-state index in [9.17, 15) is 0 Å². The van der Waals surface area contributed by atoms with Crippen molar-refractivity contribution in [2.45, 2.75) is 37.5 Å². The zero-order valence-electron chi connectivity index (χ0n) is 29.1. The van der Waals surface area contributed by atoms with E-state index in [1.807, 2.05) is 0 Å². The summed E-state index contributed by atoms with van der Waals surface area (Å²) in [5.41, 5.74) is 14.1. The van der Waals surface area contributed by atoms with E-state index < -0.39 is 0 Å². The molecular formula is C50H39NO. The van der Waals surface area contributed by atoms with E-state index in [4.69, 9.17) is 4.42 Å². The quantitative estimate of drug-likeness (QED) is 0.185. The van der Waals surface area contributed by atoms with Crippen molar-refractivity contribution in [3.63, 3.8) is 0 Å². The highest BCUT2D eigenvalue weighted by Gasteiger charge is 2.61. The molecule has 250 valence electrons. The van der Waals surface area contributed by atoms with Gasteiger partial charge in [-0.25, -0.2) is 0 Å². The summed E-state index contributed by atoms with van der Waals surface area (Å²) in [6.45, 7) is 0. The number of furan rings is 1. The summed E-state index contributed by atoms with van der Waals surface area (Å²) in [5.74, 6) is 3.25. The molecule has 5 aliphatic rings. The fourth-order valence-electron chi connectivity index (χ4n) is 11.9. The first-order valence-electron chi connectivity index (χ1n) is 19.3. The largest absolute Gasteiger partial charge is 0.456 e. The molecule has 0 amide bonds. The fourth-order valence-corrected chi connectivity index (χ4v) is 11.9. The van der Waals surface area contributed by atoms with E-state index in [0.29, 0.717) is 11.8 Å². The van der Waals surface area contributed by atoms with Gasteiger partial charge in [0.1, 0.15) is 11.2 Å². The van der Waals surface area contributed by atoms with Crippen LogP contribution in [0.25, 0.3) is 55.0 Å². The van der Waals surface area contributed by atoms with Gasteiger partial charge >= 0.3 is 0 Å². The summed E-state index contributed by atoms with van der Waals surface area (Å²) >= 11 is 0. The third-order valence-electron chi connectivity index (χ3n) is 13.6. The van der Waals surface area contributed by atoms with Crippen molar-refractivity contribution < 1.29 is 4.42 Å². The number of benzene rings is 7. The molecule has 0 N–H and O–H groups in total. The summed E-state index contributed by atoms with van der Waals surface area (Å²) in [6.07, 6.45) is 6.97. The van der Waals surface area contributed by atoms with Crippen molar-refractivity contribution in [1.29, 1.82) is 0 Å². The average Bonchev–Trinajstić information content (AvgIpc) is 3.70. The lowest BCUT2D eigenvalue weighted by atomic mass is 9.43. The summed E-state index contributed by atoms with van der Waals surface area (Å²) < 4.78 is 6.49. The lowest BCUT2D eigenvalue weighted by Crippen LogP contribution is -2.55. The smallest absolute Gasteiger partial charge is 0.137 e. The van der Waals surface area contributed by atoms with Crippen LogP contribution in [0.2, 0.25) is 0 Å². The summed E-state index contributed by atoms with van der Waals surface area (Å²) in [7, 11) is 0. The molecule has 4 bridgehead atoms. The van der Waals surface area contributed by atoms with E-state index in [1.165, 1.54) is 76.5 Å². The molecule has 13 rings (SSSR count). The molecule has 0 unspecified atom stereocenters. The molecule has 2 nitrogen and oxygen atoms in total. The van der Waals surface area contributed by atoms with E-state index in [1.54, 1.807) is 11.1 Å². The Bertz CT molecular complexity index is 2680. The van der Waals surface area contributed by atoms with Gasteiger partial charge in [-0.2, -0.15) is 0 Å². The first kappa shape index (κ1) is 29.0. The minimum atomic E-state index is 0.0961. The Kier molecular flexibility index (Phi) is 5.98. The first-order chi connectivity index (χ1) is 25.7. The minimum absolute atomic E-state index is 0.0961. The van der Waals surface area contributed by atoms with E-state index in [0.717, 1.165) is 39.5 Å². The van der Waals surface area contributed by atoms with Gasteiger partial charge in [0.15, 0.2) is 0 Å². The fraction of sp³-hybridized carbons (Fsp3) is 0.200. The summed E-state index contributed by atoms with van der Waals surface area (Å²) in [6, 6.07) is 56.5. The van der Waals surface area contributed by atoms with Gasteiger partial charge in [-0.15, -0.1) is 0 Å². The zero-order valence-corrected chi connectivity index (χ0v) is 29.1. The third-order valence-corrected chi connectivity index (χ3v) is 13.6. The molecular weight excluding hydrogens is 631 g/mol. The van der Waals surface area contributed by atoms with Gasteiger partial charge in [0.2, 0.25) is 0 Å². The van der Waals surface area contributed by atoms with Crippen LogP contribution in [0.15, 0.2) is 156 Å². The van der Waals surface area contributed by atoms with Crippen LogP contribution in [-0.2, 0) is 5.41 Å². The Morgan fingerprint density at radius 1 is 0.481 bits per heavy atom. The van der Waals surface area contributed by atoms with Crippen LogP contribution >= 0.6 is 0 Å². The molecule has 1 aromatic heterocycles. The molecule has 5 aliphatic carbocycles. The van der Waals surface area contributed by atoms with Crippen LogP contribution in [-0.4, -0.2) is 0 Å². The van der Waals surface area contributed by atoms with Gasteiger partial charge in [0, 0.05) is 39.0 Å². The van der Waals surface area contributed by atoms with Gasteiger partial charge in [0.05, 0.1) is 5.69 Å². The Morgan fingerprint density at radius 2 is 1.15 bits per heavy atom. The molecule has 0 radical (unpaired) electrons. The second-order valence-corrected chi connectivity index (χ2v) is 16.1. The van der Waals surface area contributed by atoms with Crippen molar-refractivity contribution in [2.75, 3.05) is 4.90 Å². The standard InChI is InChI=1S/C50H39NO/c1-2-10-34(11-3-1)40-16-9-17-45-49(40)43-29-37(21-23-44(43)50(45)35-25-31-24-32(27-35)28-36(50)26-31)51(46-18-8-13-33-12-4-5-14-39(33)46)38-20-22-42-41-15-6-7-19-47(41)52-48(42)30-38/h1-23,29-32,35-36H,24-28H2. The molecule has 1 heterocycles. The Hall–Kier alpha value is -5.60. The van der Waals surface area contributed by atoms with Crippen molar-refractivity contribution in [1.82, 2.24) is 0 Å². The van der Waals surface area contributed by atoms with Crippen LogP contribution in [0.1, 0.15) is 43.2 Å². The first-order valence-corrected chi connectivity index (χ1v) is 19.3. The number of hydrogen-bond donors (Lipinski definition) is 0. The van der Waals surface area contributed by atoms with Crippen LogP contribution in [0, 0.1) is 23.7 Å². The van der Waals surface area contributed by atoms with Crippen molar-refractivity contribution in [3.05, 3.63) is 163 Å². The van der Waals surface area contributed by atoms with Gasteiger partial charge in [-0.05, 0) is 131 Å². The maximum Gasteiger partial charge on any atom is 0.137 e. The Labute approximate surface area is 304 Å². The number of hydrogen-bond acceptors (Lipinski definition) is 2. The number of fused-ring (bicyclic) bond motifs is 7. The molecule has 52 heavy (non-hydrogen) atoms. The maximum atomic E-state index is 6.49. The minimum Gasteiger partial charge on any atom is -0.456 e. The molecule has 0 saturated heterocycles. The Morgan fingerprint density at radius 3 is 2.00 bits per heavy atom. The second kappa shape index (κ2) is 10.7. The monoisotopic (exact) mass is 669 g/mol. The molecule has 4 fully saturated rings. The van der Waals surface area contributed by atoms with Crippen LogP contribution in [0.4, 0.5) is 17.1 Å². The highest BCUT2D eigenvalue weighted by molar-refractivity contribution is 6.07. The lowest BCUT2D eigenvalue weighted by Gasteiger charge is -2.61. The topological polar surface area (TPSA) is 16.4 Å². The highest BCUT2D eigenvalue weighted by atomic mass is 16.3. The van der Waals surface area contributed by atoms with E-state index in [-0.39, 0.29) is 5.41 Å². The molecule has 1 spiro atoms. The van der Waals surface area contributed by atoms with Crippen molar-refractivity contribution in [2.24, 2.45) is 23.7 Å². The molecule has 7 aromatic carbocycles. The number of anilines is 3. The van der Waals surface area contributed by atoms with Gasteiger partial charge < -0.3 is 9.32 Å². The number of para-hydroxylation sites is 1. The second-order valence-electron chi connectivity index (χ2n) is 16.1. The molecule has 8 aromatic rings. The van der Waals surface area contributed by atoms with Crippen molar-refractivity contribution in [3.8, 4) is 22.3 Å². The van der Waals surface area contributed by atoms with E-state index in [2.05, 4.69) is 157 Å². The number of rotatable bonds is 4. The molecule has 0 aliphatic heterocycles. The summed E-state index contributed by atoms with van der Waals surface area (Å²) in [4.78, 5) is 2.47. The molecule has 2 heteroatoms. The summed E-state index contributed by atoms with van der Waals surface area (Å²) in [5, 5.41) is 4.78. The highest BCUT2D eigenvalue weighted by Crippen LogP contribution is 2.70. The third kappa shape index (κ3) is 3.90. The zero-order chi connectivity index (χ0) is 34.0. The molecule has 0 atom stereocenters. The van der Waals surface area contributed by atoms with E-state index >= 15 is 0 Å². The van der Waals surface area contributed by atoms with Crippen LogP contribution in [0.5, 0.6) is 0 Å². The normalized spacial score (nSPS) is 23.8. The van der Waals surface area contributed by atoms with Gasteiger partial charge in [-0.1, -0.05) is 109 Å². The van der Waals surface area contributed by atoms with Crippen LogP contribution < -0.4 is 4.90 Å². The maximum absolute atomic E-state index is 6.49. The Balaban J connectivity index is 1.13.